The Labute approximate surface area is 135 Å². The molecule has 1 fully saturated rings. The average molecular weight is 324 g/mol. The van der Waals surface area contributed by atoms with E-state index >= 15 is 0 Å². The largest absolute Gasteiger partial charge is 0.369 e. The molecule has 0 unspecified atom stereocenters. The number of thiazole rings is 1. The van der Waals surface area contributed by atoms with Crippen molar-refractivity contribution in [2.75, 3.05) is 32.7 Å². The van der Waals surface area contributed by atoms with Crippen molar-refractivity contribution in [1.29, 1.82) is 0 Å². The fourth-order valence-electron chi connectivity index (χ4n) is 2.67. The summed E-state index contributed by atoms with van der Waals surface area (Å²) in [7, 11) is 0. The summed E-state index contributed by atoms with van der Waals surface area (Å²) in [6.45, 7) is 7.12. The molecule has 0 aliphatic carbocycles. The van der Waals surface area contributed by atoms with E-state index in [-0.39, 0.29) is 18.4 Å². The number of carbonyl (C=O) groups is 2. The van der Waals surface area contributed by atoms with Gasteiger partial charge in [0.15, 0.2) is 0 Å². The molecule has 122 valence electrons. The first kappa shape index (κ1) is 16.9. The summed E-state index contributed by atoms with van der Waals surface area (Å²) in [5.41, 5.74) is 6.07. The minimum Gasteiger partial charge on any atom is -0.369 e. The summed E-state index contributed by atoms with van der Waals surface area (Å²) in [6.07, 6.45) is 2.82. The van der Waals surface area contributed by atoms with Crippen LogP contribution in [0.3, 0.4) is 0 Å². The molecule has 0 aromatic carbocycles. The molecule has 0 atom stereocenters. The maximum atomic E-state index is 12.7. The molecule has 0 bridgehead atoms. The molecule has 1 saturated heterocycles. The standard InChI is InChI=1S/C15H24N4O2S/c1-3-5-13-17-11(2)14(22-13)15(21)19-7-4-6-18(8-9-19)10-12(16)20/h3-10H2,1-2H3,(H2,16,20). The number of aromatic nitrogens is 1. The van der Waals surface area contributed by atoms with Crippen LogP contribution in [-0.4, -0.2) is 59.3 Å². The third kappa shape index (κ3) is 4.27. The number of hydrogen-bond donors (Lipinski definition) is 1. The molecular weight excluding hydrogens is 300 g/mol. The molecule has 1 aromatic heterocycles. The number of carbonyl (C=O) groups excluding carboxylic acids is 2. The van der Waals surface area contributed by atoms with Gasteiger partial charge in [0.25, 0.3) is 5.91 Å². The van der Waals surface area contributed by atoms with Gasteiger partial charge in [-0.1, -0.05) is 6.92 Å². The smallest absolute Gasteiger partial charge is 0.265 e. The van der Waals surface area contributed by atoms with Crippen molar-refractivity contribution in [2.45, 2.75) is 33.1 Å². The number of aryl methyl sites for hydroxylation is 2. The molecule has 2 rings (SSSR count). The van der Waals surface area contributed by atoms with Crippen molar-refractivity contribution >= 4 is 23.2 Å². The van der Waals surface area contributed by atoms with Gasteiger partial charge in [-0.15, -0.1) is 11.3 Å². The van der Waals surface area contributed by atoms with Gasteiger partial charge >= 0.3 is 0 Å². The van der Waals surface area contributed by atoms with Gasteiger partial charge in [-0.3, -0.25) is 14.5 Å². The van der Waals surface area contributed by atoms with Crippen molar-refractivity contribution < 1.29 is 9.59 Å². The molecule has 0 saturated carbocycles. The van der Waals surface area contributed by atoms with Gasteiger partial charge in [0.2, 0.25) is 5.91 Å². The van der Waals surface area contributed by atoms with E-state index in [1.54, 1.807) is 0 Å². The molecule has 6 nitrogen and oxygen atoms in total. The van der Waals surface area contributed by atoms with Crippen LogP contribution in [-0.2, 0) is 11.2 Å². The van der Waals surface area contributed by atoms with E-state index in [0.717, 1.165) is 41.4 Å². The first-order valence-electron chi connectivity index (χ1n) is 7.77. The average Bonchev–Trinajstić information content (AvgIpc) is 2.68. The lowest BCUT2D eigenvalue weighted by molar-refractivity contribution is -0.119. The van der Waals surface area contributed by atoms with Gasteiger partial charge in [-0.05, 0) is 26.2 Å². The van der Waals surface area contributed by atoms with Crippen LogP contribution in [0.4, 0.5) is 0 Å². The van der Waals surface area contributed by atoms with E-state index in [1.807, 2.05) is 16.7 Å². The van der Waals surface area contributed by atoms with Crippen molar-refractivity contribution in [3.8, 4) is 0 Å². The molecule has 1 aromatic rings. The van der Waals surface area contributed by atoms with Crippen molar-refractivity contribution in [3.05, 3.63) is 15.6 Å². The zero-order valence-corrected chi connectivity index (χ0v) is 14.1. The topological polar surface area (TPSA) is 79.5 Å². The summed E-state index contributed by atoms with van der Waals surface area (Å²) >= 11 is 1.51. The van der Waals surface area contributed by atoms with Crippen LogP contribution in [0, 0.1) is 6.92 Å². The molecule has 0 spiro atoms. The number of nitrogens with zero attached hydrogens (tertiary/aromatic N) is 3. The first-order chi connectivity index (χ1) is 10.5. The quantitative estimate of drug-likeness (QED) is 0.877. The van der Waals surface area contributed by atoms with Crippen LogP contribution >= 0.6 is 11.3 Å². The van der Waals surface area contributed by atoms with Gasteiger partial charge < -0.3 is 10.6 Å². The number of primary amides is 1. The molecule has 2 heterocycles. The van der Waals surface area contributed by atoms with Gasteiger partial charge in [0.05, 0.1) is 17.2 Å². The lowest BCUT2D eigenvalue weighted by atomic mass is 10.3. The minimum absolute atomic E-state index is 0.0679. The highest BCUT2D eigenvalue weighted by atomic mass is 32.1. The van der Waals surface area contributed by atoms with Crippen LogP contribution in [0.1, 0.15) is 40.1 Å². The van der Waals surface area contributed by atoms with E-state index in [9.17, 15) is 9.59 Å². The van der Waals surface area contributed by atoms with Crippen LogP contribution in [0.2, 0.25) is 0 Å². The lowest BCUT2D eigenvalue weighted by Gasteiger charge is -2.20. The number of nitrogens with two attached hydrogens (primary N) is 1. The number of hydrogen-bond acceptors (Lipinski definition) is 5. The maximum absolute atomic E-state index is 12.7. The molecule has 0 radical (unpaired) electrons. The normalized spacial score (nSPS) is 16.5. The second-order valence-corrected chi connectivity index (χ2v) is 6.74. The Morgan fingerprint density at radius 2 is 2.05 bits per heavy atom. The van der Waals surface area contributed by atoms with Crippen molar-refractivity contribution in [1.82, 2.24) is 14.8 Å². The summed E-state index contributed by atoms with van der Waals surface area (Å²) in [5, 5.41) is 1.04. The second-order valence-electron chi connectivity index (χ2n) is 5.66. The fraction of sp³-hybridized carbons (Fsp3) is 0.667. The second kappa shape index (κ2) is 7.69. The van der Waals surface area contributed by atoms with Gasteiger partial charge in [-0.2, -0.15) is 0 Å². The van der Waals surface area contributed by atoms with Gasteiger partial charge in [-0.25, -0.2) is 4.98 Å². The Balaban J connectivity index is 2.02. The van der Waals surface area contributed by atoms with Crippen LogP contribution in [0.25, 0.3) is 0 Å². The van der Waals surface area contributed by atoms with Crippen LogP contribution in [0.15, 0.2) is 0 Å². The highest BCUT2D eigenvalue weighted by Gasteiger charge is 2.24. The van der Waals surface area contributed by atoms with E-state index in [0.29, 0.717) is 19.6 Å². The maximum Gasteiger partial charge on any atom is 0.265 e. The number of rotatable bonds is 5. The molecular formula is C15H24N4O2S. The van der Waals surface area contributed by atoms with Crippen LogP contribution in [0.5, 0.6) is 0 Å². The summed E-state index contributed by atoms with van der Waals surface area (Å²) < 4.78 is 0. The zero-order valence-electron chi connectivity index (χ0n) is 13.3. The zero-order chi connectivity index (χ0) is 16.1. The van der Waals surface area contributed by atoms with Crippen molar-refractivity contribution in [2.24, 2.45) is 5.73 Å². The lowest BCUT2D eigenvalue weighted by Crippen LogP contribution is -2.38. The minimum atomic E-state index is -0.317. The predicted octanol–water partition coefficient (Wildman–Crippen LogP) is 1.04. The third-order valence-electron chi connectivity index (χ3n) is 3.75. The number of amides is 2. The van der Waals surface area contributed by atoms with Crippen molar-refractivity contribution in [3.63, 3.8) is 0 Å². The molecule has 22 heavy (non-hydrogen) atoms. The Morgan fingerprint density at radius 1 is 1.27 bits per heavy atom. The molecule has 2 amide bonds. The Kier molecular flexibility index (Phi) is 5.90. The summed E-state index contributed by atoms with van der Waals surface area (Å²) in [5.74, 6) is -0.249. The van der Waals surface area contributed by atoms with Gasteiger partial charge in [0, 0.05) is 26.2 Å². The third-order valence-corrected chi connectivity index (χ3v) is 4.96. The highest BCUT2D eigenvalue weighted by molar-refractivity contribution is 7.13. The molecule has 2 N–H and O–H groups in total. The fourth-order valence-corrected chi connectivity index (χ4v) is 3.80. The Bertz CT molecular complexity index is 544. The highest BCUT2D eigenvalue weighted by Crippen LogP contribution is 2.21. The monoisotopic (exact) mass is 324 g/mol. The first-order valence-corrected chi connectivity index (χ1v) is 8.59. The SMILES string of the molecule is CCCc1nc(C)c(C(=O)N2CCCN(CC(N)=O)CC2)s1. The molecule has 1 aliphatic heterocycles. The van der Waals surface area contributed by atoms with E-state index in [2.05, 4.69) is 11.9 Å². The molecule has 7 heteroatoms. The Hall–Kier alpha value is -1.47. The summed E-state index contributed by atoms with van der Waals surface area (Å²) in [4.78, 5) is 32.9. The Morgan fingerprint density at radius 3 is 2.73 bits per heavy atom. The van der Waals surface area contributed by atoms with E-state index < -0.39 is 0 Å². The van der Waals surface area contributed by atoms with Gasteiger partial charge in [0.1, 0.15) is 4.88 Å². The van der Waals surface area contributed by atoms with Crippen LogP contribution < -0.4 is 5.73 Å². The summed E-state index contributed by atoms with van der Waals surface area (Å²) in [6, 6.07) is 0. The predicted molar refractivity (Wildman–Crippen MR) is 87.0 cm³/mol. The van der Waals surface area contributed by atoms with E-state index in [1.165, 1.54) is 11.3 Å². The van der Waals surface area contributed by atoms with E-state index in [4.69, 9.17) is 5.73 Å². The molecule has 1 aliphatic rings.